The third-order valence-electron chi connectivity index (χ3n) is 5.86. The maximum Gasteiger partial charge on any atom is 0.138 e. The third kappa shape index (κ3) is 4.89. The number of hydrogen-bond acceptors (Lipinski definition) is 2. The van der Waals surface area contributed by atoms with Crippen LogP contribution in [-0.2, 0) is 10.8 Å². The lowest BCUT2D eigenvalue weighted by Gasteiger charge is -2.25. The second kappa shape index (κ2) is 8.57. The van der Waals surface area contributed by atoms with E-state index in [1.54, 1.807) is 0 Å². The van der Waals surface area contributed by atoms with Crippen LogP contribution >= 0.6 is 0 Å². The van der Waals surface area contributed by atoms with Gasteiger partial charge in [-0.15, -0.1) is 0 Å². The molecule has 3 rings (SSSR count). The van der Waals surface area contributed by atoms with E-state index in [1.165, 1.54) is 22.1 Å². The van der Waals surface area contributed by atoms with Crippen LogP contribution < -0.4 is 4.74 Å². The first-order chi connectivity index (χ1) is 14.4. The number of hydrogen-bond donors (Lipinski definition) is 0. The van der Waals surface area contributed by atoms with Crippen LogP contribution in [0, 0.1) is 13.8 Å². The van der Waals surface area contributed by atoms with Crippen LogP contribution in [0.5, 0.6) is 5.75 Å². The van der Waals surface area contributed by atoms with Gasteiger partial charge in [-0.2, -0.15) is 0 Å². The molecule has 166 valence electrons. The summed E-state index contributed by atoms with van der Waals surface area (Å²) in [5.74, 6) is 0.940. The fourth-order valence-corrected chi connectivity index (χ4v) is 3.99. The fourth-order valence-electron chi connectivity index (χ4n) is 3.99. The SMILES string of the molecule is CCCC=COc1c(C)cc(-c2coc3c(C(C)(C)C)cc(C(C)(C)C)cc23)cc1C. The molecule has 3 aromatic rings. The van der Waals surface area contributed by atoms with E-state index in [0.29, 0.717) is 0 Å². The summed E-state index contributed by atoms with van der Waals surface area (Å²) >= 11 is 0. The molecule has 0 N–H and O–H groups in total. The predicted octanol–water partition coefficient (Wildman–Crippen LogP) is 9.00. The van der Waals surface area contributed by atoms with Crippen molar-refractivity contribution in [3.05, 3.63) is 65.1 Å². The molecule has 0 unspecified atom stereocenters. The van der Waals surface area contributed by atoms with E-state index in [0.717, 1.165) is 40.9 Å². The zero-order valence-electron chi connectivity index (χ0n) is 20.8. The van der Waals surface area contributed by atoms with Gasteiger partial charge in [0.1, 0.15) is 11.3 Å². The van der Waals surface area contributed by atoms with Crippen LogP contribution in [0.25, 0.3) is 22.1 Å². The Hall–Kier alpha value is -2.48. The number of aryl methyl sites for hydroxylation is 2. The molecule has 0 aliphatic carbocycles. The molecule has 31 heavy (non-hydrogen) atoms. The van der Waals surface area contributed by atoms with E-state index in [4.69, 9.17) is 9.15 Å². The van der Waals surface area contributed by atoms with E-state index >= 15 is 0 Å². The Morgan fingerprint density at radius 2 is 1.55 bits per heavy atom. The number of unbranched alkanes of at least 4 members (excludes halogenated alkanes) is 1. The van der Waals surface area contributed by atoms with Crippen LogP contribution in [0.2, 0.25) is 0 Å². The summed E-state index contributed by atoms with van der Waals surface area (Å²) < 4.78 is 12.1. The van der Waals surface area contributed by atoms with Gasteiger partial charge in [-0.05, 0) is 77.6 Å². The van der Waals surface area contributed by atoms with Gasteiger partial charge >= 0.3 is 0 Å². The number of allylic oxidation sites excluding steroid dienone is 1. The molecule has 0 spiro atoms. The third-order valence-corrected chi connectivity index (χ3v) is 5.86. The molecule has 0 fully saturated rings. The average molecular weight is 419 g/mol. The first-order valence-electron chi connectivity index (χ1n) is 11.4. The highest BCUT2D eigenvalue weighted by Gasteiger charge is 2.25. The van der Waals surface area contributed by atoms with Gasteiger partial charge in [0.25, 0.3) is 0 Å². The number of rotatable bonds is 5. The Kier molecular flexibility index (Phi) is 6.41. The molecule has 2 heteroatoms. The van der Waals surface area contributed by atoms with Gasteiger partial charge in [0, 0.05) is 16.5 Å². The number of ether oxygens (including phenoxy) is 1. The van der Waals surface area contributed by atoms with Crippen molar-refractivity contribution in [3.63, 3.8) is 0 Å². The Morgan fingerprint density at radius 3 is 2.10 bits per heavy atom. The largest absolute Gasteiger partial charge is 0.465 e. The highest BCUT2D eigenvalue weighted by Crippen LogP contribution is 2.41. The highest BCUT2D eigenvalue weighted by molar-refractivity contribution is 5.97. The Balaban J connectivity index is 2.15. The standard InChI is InChI=1S/C29H38O2/c1-10-11-12-13-30-26-19(2)14-21(15-20(26)3)24-18-31-27-23(24)16-22(28(4,5)6)17-25(27)29(7,8)9/h12-18H,10-11H2,1-9H3. The van der Waals surface area contributed by atoms with E-state index < -0.39 is 0 Å². The minimum Gasteiger partial charge on any atom is -0.465 e. The van der Waals surface area contributed by atoms with E-state index in [-0.39, 0.29) is 10.8 Å². The zero-order valence-corrected chi connectivity index (χ0v) is 20.8. The molecular weight excluding hydrogens is 380 g/mol. The summed E-state index contributed by atoms with van der Waals surface area (Å²) in [5.41, 5.74) is 8.24. The van der Waals surface area contributed by atoms with Crippen molar-refractivity contribution in [3.8, 4) is 16.9 Å². The van der Waals surface area contributed by atoms with Crippen LogP contribution in [-0.4, -0.2) is 0 Å². The number of furan rings is 1. The van der Waals surface area contributed by atoms with E-state index in [9.17, 15) is 0 Å². The van der Waals surface area contributed by atoms with Gasteiger partial charge in [-0.3, -0.25) is 0 Å². The highest BCUT2D eigenvalue weighted by atomic mass is 16.5. The molecular formula is C29H38O2. The van der Waals surface area contributed by atoms with Crippen molar-refractivity contribution in [2.24, 2.45) is 0 Å². The van der Waals surface area contributed by atoms with Crippen molar-refractivity contribution in [1.82, 2.24) is 0 Å². The van der Waals surface area contributed by atoms with Gasteiger partial charge in [-0.1, -0.05) is 61.0 Å². The molecule has 2 nitrogen and oxygen atoms in total. The molecule has 0 bridgehead atoms. The molecule has 1 aromatic heterocycles. The van der Waals surface area contributed by atoms with Gasteiger partial charge in [0.2, 0.25) is 0 Å². The summed E-state index contributed by atoms with van der Waals surface area (Å²) in [4.78, 5) is 0. The van der Waals surface area contributed by atoms with Crippen LogP contribution in [0.4, 0.5) is 0 Å². The molecule has 0 saturated heterocycles. The van der Waals surface area contributed by atoms with Crippen molar-refractivity contribution >= 4 is 11.0 Å². The predicted molar refractivity (Wildman–Crippen MR) is 133 cm³/mol. The maximum atomic E-state index is 6.19. The molecule has 0 aliphatic rings. The summed E-state index contributed by atoms with van der Waals surface area (Å²) in [6.45, 7) is 20.0. The lowest BCUT2D eigenvalue weighted by Crippen LogP contribution is -2.16. The van der Waals surface area contributed by atoms with Gasteiger partial charge in [0.15, 0.2) is 0 Å². The minimum atomic E-state index is 0.00296. The molecule has 1 heterocycles. The van der Waals surface area contributed by atoms with Crippen molar-refractivity contribution in [2.75, 3.05) is 0 Å². The summed E-state index contributed by atoms with van der Waals surface area (Å²) in [6.07, 6.45) is 7.97. The van der Waals surface area contributed by atoms with Crippen LogP contribution in [0.3, 0.4) is 0 Å². The second-order valence-corrected chi connectivity index (χ2v) is 10.8. The summed E-state index contributed by atoms with van der Waals surface area (Å²) in [5, 5.41) is 1.19. The monoisotopic (exact) mass is 418 g/mol. The molecule has 2 aromatic carbocycles. The van der Waals surface area contributed by atoms with Crippen molar-refractivity contribution in [1.29, 1.82) is 0 Å². The van der Waals surface area contributed by atoms with Gasteiger partial charge in [0.05, 0.1) is 12.5 Å². The first kappa shape index (κ1) is 23.2. The average Bonchev–Trinajstić information content (AvgIpc) is 3.08. The van der Waals surface area contributed by atoms with E-state index in [2.05, 4.69) is 92.7 Å². The Morgan fingerprint density at radius 1 is 0.903 bits per heavy atom. The number of benzene rings is 2. The lowest BCUT2D eigenvalue weighted by atomic mass is 9.79. The van der Waals surface area contributed by atoms with Crippen LogP contribution in [0.15, 0.2) is 47.3 Å². The quantitative estimate of drug-likeness (QED) is 0.386. The van der Waals surface area contributed by atoms with Gasteiger partial charge in [-0.25, -0.2) is 0 Å². The maximum absolute atomic E-state index is 6.19. The molecule has 0 atom stereocenters. The van der Waals surface area contributed by atoms with E-state index in [1.807, 2.05) is 12.5 Å². The normalized spacial score (nSPS) is 12.8. The molecule has 0 aliphatic heterocycles. The number of fused-ring (bicyclic) bond motifs is 1. The Labute approximate surface area is 188 Å². The molecule has 0 saturated carbocycles. The van der Waals surface area contributed by atoms with Gasteiger partial charge < -0.3 is 9.15 Å². The first-order valence-corrected chi connectivity index (χ1v) is 11.4. The molecule has 0 radical (unpaired) electrons. The summed E-state index contributed by atoms with van der Waals surface area (Å²) in [7, 11) is 0. The Bertz CT molecular complexity index is 1080. The van der Waals surface area contributed by atoms with Crippen LogP contribution in [0.1, 0.15) is 83.6 Å². The molecule has 0 amide bonds. The fraction of sp³-hybridized carbons (Fsp3) is 0.448. The lowest BCUT2D eigenvalue weighted by molar-refractivity contribution is 0.471. The zero-order chi connectivity index (χ0) is 23.0. The summed E-state index contributed by atoms with van der Waals surface area (Å²) in [6, 6.07) is 9.05. The topological polar surface area (TPSA) is 22.4 Å². The van der Waals surface area contributed by atoms with Crippen molar-refractivity contribution < 1.29 is 9.15 Å². The second-order valence-electron chi connectivity index (χ2n) is 10.8. The smallest absolute Gasteiger partial charge is 0.138 e. The van der Waals surface area contributed by atoms with Crippen molar-refractivity contribution in [2.45, 2.75) is 86.0 Å². The minimum absolute atomic E-state index is 0.00296.